The van der Waals surface area contributed by atoms with E-state index in [0.29, 0.717) is 5.69 Å². The SMILES string of the molecule is NS(=O)(=O)c1ccc(F)c(C(=O)OCC(=O)Nc2ccc3c(c2)CCC3)c1. The first-order chi connectivity index (χ1) is 12.7. The van der Waals surface area contributed by atoms with Crippen molar-refractivity contribution in [3.63, 3.8) is 0 Å². The molecule has 0 saturated carbocycles. The second-order valence-electron chi connectivity index (χ2n) is 6.15. The number of ether oxygens (including phenoxy) is 1. The summed E-state index contributed by atoms with van der Waals surface area (Å²) in [6.45, 7) is -0.644. The molecule has 142 valence electrons. The minimum absolute atomic E-state index is 0.432. The Morgan fingerprint density at radius 3 is 2.59 bits per heavy atom. The first-order valence-electron chi connectivity index (χ1n) is 8.15. The first kappa shape index (κ1) is 19.0. The maximum Gasteiger partial charge on any atom is 0.341 e. The number of hydrogen-bond acceptors (Lipinski definition) is 5. The van der Waals surface area contributed by atoms with Gasteiger partial charge in [-0.15, -0.1) is 0 Å². The average molecular weight is 392 g/mol. The number of carbonyl (C=O) groups excluding carboxylic acids is 2. The lowest BCUT2D eigenvalue weighted by Gasteiger charge is -2.09. The molecule has 0 spiro atoms. The third kappa shape index (κ3) is 4.50. The predicted octanol–water partition coefficient (Wildman–Crippen LogP) is 1.76. The third-order valence-electron chi connectivity index (χ3n) is 4.20. The molecule has 0 heterocycles. The second-order valence-corrected chi connectivity index (χ2v) is 7.71. The van der Waals surface area contributed by atoms with Gasteiger partial charge in [0.25, 0.3) is 5.91 Å². The van der Waals surface area contributed by atoms with Gasteiger partial charge in [0.15, 0.2) is 6.61 Å². The van der Waals surface area contributed by atoms with Crippen molar-refractivity contribution in [1.82, 2.24) is 0 Å². The highest BCUT2D eigenvalue weighted by Gasteiger charge is 2.19. The highest BCUT2D eigenvalue weighted by molar-refractivity contribution is 7.89. The van der Waals surface area contributed by atoms with Gasteiger partial charge in [-0.05, 0) is 60.7 Å². The molecule has 27 heavy (non-hydrogen) atoms. The highest BCUT2D eigenvalue weighted by atomic mass is 32.2. The summed E-state index contributed by atoms with van der Waals surface area (Å²) in [4.78, 5) is 23.5. The maximum absolute atomic E-state index is 13.8. The summed E-state index contributed by atoms with van der Waals surface area (Å²) in [5.74, 6) is -2.74. The van der Waals surface area contributed by atoms with Crippen LogP contribution in [0.15, 0.2) is 41.3 Å². The summed E-state index contributed by atoms with van der Waals surface area (Å²) in [7, 11) is -4.11. The Balaban J connectivity index is 1.63. The van der Waals surface area contributed by atoms with Crippen molar-refractivity contribution >= 4 is 27.6 Å². The zero-order valence-corrected chi connectivity index (χ0v) is 15.0. The number of primary sulfonamides is 1. The number of anilines is 1. The number of benzene rings is 2. The van der Waals surface area contributed by atoms with Crippen LogP contribution in [-0.4, -0.2) is 26.9 Å². The number of hydrogen-bond donors (Lipinski definition) is 2. The number of esters is 1. The van der Waals surface area contributed by atoms with Gasteiger partial charge in [0, 0.05) is 5.69 Å². The molecule has 2 aromatic carbocycles. The van der Waals surface area contributed by atoms with Crippen LogP contribution in [0.3, 0.4) is 0 Å². The smallest absolute Gasteiger partial charge is 0.341 e. The van der Waals surface area contributed by atoms with Crippen LogP contribution in [0.4, 0.5) is 10.1 Å². The summed E-state index contributed by atoms with van der Waals surface area (Å²) in [6, 6.07) is 8.07. The number of nitrogens with two attached hydrogens (primary N) is 1. The monoisotopic (exact) mass is 392 g/mol. The highest BCUT2D eigenvalue weighted by Crippen LogP contribution is 2.24. The van der Waals surface area contributed by atoms with Crippen LogP contribution in [0.25, 0.3) is 0 Å². The van der Waals surface area contributed by atoms with E-state index in [1.54, 1.807) is 6.07 Å². The van der Waals surface area contributed by atoms with E-state index < -0.39 is 44.8 Å². The van der Waals surface area contributed by atoms with Gasteiger partial charge in [-0.25, -0.2) is 22.7 Å². The molecule has 1 aliphatic carbocycles. The summed E-state index contributed by atoms with van der Waals surface area (Å²) in [6.07, 6.45) is 3.05. The van der Waals surface area contributed by atoms with Crippen LogP contribution in [-0.2, 0) is 32.4 Å². The fourth-order valence-corrected chi connectivity index (χ4v) is 3.43. The first-order valence-corrected chi connectivity index (χ1v) is 9.70. The van der Waals surface area contributed by atoms with Crippen molar-refractivity contribution in [2.45, 2.75) is 24.2 Å². The molecular weight excluding hydrogens is 375 g/mol. The normalized spacial score (nSPS) is 13.1. The van der Waals surface area contributed by atoms with Gasteiger partial charge < -0.3 is 10.1 Å². The maximum atomic E-state index is 13.8. The van der Waals surface area contributed by atoms with E-state index in [4.69, 9.17) is 9.88 Å². The lowest BCUT2D eigenvalue weighted by molar-refractivity contribution is -0.119. The fraction of sp³-hybridized carbons (Fsp3) is 0.222. The number of sulfonamides is 1. The standard InChI is InChI=1S/C18H17FN2O5S/c19-16-7-6-14(27(20,24)25)9-15(16)18(23)26-10-17(22)21-13-5-4-11-2-1-3-12(11)8-13/h4-9H,1-3,10H2,(H,21,22)(H2,20,24,25). The Hall–Kier alpha value is -2.78. The molecule has 0 fully saturated rings. The second kappa shape index (κ2) is 7.45. The van der Waals surface area contributed by atoms with E-state index in [2.05, 4.69) is 5.32 Å². The summed E-state index contributed by atoms with van der Waals surface area (Å²) in [5, 5.41) is 7.56. The Morgan fingerprint density at radius 2 is 1.85 bits per heavy atom. The molecule has 0 aliphatic heterocycles. The molecule has 1 amide bonds. The minimum atomic E-state index is -4.11. The molecule has 0 radical (unpaired) electrons. The van der Waals surface area contributed by atoms with Crippen molar-refractivity contribution in [2.75, 3.05) is 11.9 Å². The lowest BCUT2D eigenvalue weighted by Crippen LogP contribution is -2.22. The Bertz CT molecular complexity index is 1020. The molecule has 0 atom stereocenters. The Morgan fingerprint density at radius 1 is 1.11 bits per heavy atom. The van der Waals surface area contributed by atoms with Gasteiger partial charge in [0.1, 0.15) is 5.82 Å². The minimum Gasteiger partial charge on any atom is -0.452 e. The van der Waals surface area contributed by atoms with Crippen LogP contribution >= 0.6 is 0 Å². The summed E-state index contributed by atoms with van der Waals surface area (Å²) in [5.41, 5.74) is 2.39. The number of halogens is 1. The van der Waals surface area contributed by atoms with Crippen LogP contribution in [0.5, 0.6) is 0 Å². The van der Waals surface area contributed by atoms with Crippen molar-refractivity contribution in [1.29, 1.82) is 0 Å². The molecule has 0 saturated heterocycles. The fourth-order valence-electron chi connectivity index (χ4n) is 2.89. The van der Waals surface area contributed by atoms with Crippen LogP contribution in [0.1, 0.15) is 27.9 Å². The average Bonchev–Trinajstić information content (AvgIpc) is 3.06. The topological polar surface area (TPSA) is 116 Å². The number of fused-ring (bicyclic) bond motifs is 1. The van der Waals surface area contributed by atoms with Crippen molar-refractivity contribution in [3.8, 4) is 0 Å². The molecule has 1 aliphatic rings. The van der Waals surface area contributed by atoms with E-state index in [0.717, 1.165) is 37.5 Å². The molecule has 7 nitrogen and oxygen atoms in total. The molecule has 9 heteroatoms. The van der Waals surface area contributed by atoms with Crippen molar-refractivity contribution in [3.05, 3.63) is 58.9 Å². The van der Waals surface area contributed by atoms with E-state index in [1.807, 2.05) is 12.1 Å². The van der Waals surface area contributed by atoms with Gasteiger partial charge in [-0.3, -0.25) is 4.79 Å². The molecule has 3 N–H and O–H groups in total. The van der Waals surface area contributed by atoms with Crippen LogP contribution in [0.2, 0.25) is 0 Å². The molecule has 0 aromatic heterocycles. The van der Waals surface area contributed by atoms with Gasteiger partial charge in [-0.2, -0.15) is 0 Å². The van der Waals surface area contributed by atoms with Gasteiger partial charge >= 0.3 is 5.97 Å². The van der Waals surface area contributed by atoms with Crippen LogP contribution in [0, 0.1) is 5.82 Å². The number of rotatable bonds is 5. The predicted molar refractivity (Wildman–Crippen MR) is 95.2 cm³/mol. The Kier molecular flexibility index (Phi) is 5.24. The van der Waals surface area contributed by atoms with E-state index in [1.165, 1.54) is 11.1 Å². The van der Waals surface area contributed by atoms with E-state index in [9.17, 15) is 22.4 Å². The van der Waals surface area contributed by atoms with E-state index in [-0.39, 0.29) is 0 Å². The van der Waals surface area contributed by atoms with Gasteiger partial charge in [0.05, 0.1) is 10.5 Å². The third-order valence-corrected chi connectivity index (χ3v) is 5.11. The zero-order chi connectivity index (χ0) is 19.6. The molecule has 0 unspecified atom stereocenters. The lowest BCUT2D eigenvalue weighted by atomic mass is 10.1. The zero-order valence-electron chi connectivity index (χ0n) is 14.2. The van der Waals surface area contributed by atoms with Gasteiger partial charge in [-0.1, -0.05) is 6.07 Å². The largest absolute Gasteiger partial charge is 0.452 e. The summed E-state index contributed by atoms with van der Waals surface area (Å²) >= 11 is 0. The van der Waals surface area contributed by atoms with Gasteiger partial charge in [0.2, 0.25) is 10.0 Å². The number of nitrogens with one attached hydrogen (secondary N) is 1. The van der Waals surface area contributed by atoms with Crippen molar-refractivity contribution < 1.29 is 27.1 Å². The number of amides is 1. The molecule has 0 bridgehead atoms. The Labute approximate surface area is 155 Å². The van der Waals surface area contributed by atoms with E-state index >= 15 is 0 Å². The van der Waals surface area contributed by atoms with Crippen LogP contribution < -0.4 is 10.5 Å². The quantitative estimate of drug-likeness (QED) is 0.752. The molecule has 3 rings (SSSR count). The van der Waals surface area contributed by atoms with Crippen molar-refractivity contribution in [2.24, 2.45) is 5.14 Å². The molecule has 2 aromatic rings. The number of aryl methyl sites for hydroxylation is 2. The summed E-state index contributed by atoms with van der Waals surface area (Å²) < 4.78 is 41.2. The number of carbonyl (C=O) groups is 2. The molecular formula is C18H17FN2O5S.